The van der Waals surface area contributed by atoms with Gasteiger partial charge >= 0.3 is 6.18 Å². The van der Waals surface area contributed by atoms with E-state index in [1.54, 1.807) is 7.05 Å². The van der Waals surface area contributed by atoms with Gasteiger partial charge in [0.15, 0.2) is 5.96 Å². The normalized spacial score (nSPS) is 32.1. The summed E-state index contributed by atoms with van der Waals surface area (Å²) in [6.07, 6.45) is 1.28. The van der Waals surface area contributed by atoms with Crippen LogP contribution in [0.15, 0.2) is 4.99 Å². The summed E-state index contributed by atoms with van der Waals surface area (Å²) in [6.45, 7) is 2.17. The summed E-state index contributed by atoms with van der Waals surface area (Å²) in [7, 11) is 1.68. The van der Waals surface area contributed by atoms with Gasteiger partial charge in [0.05, 0.1) is 5.92 Å². The van der Waals surface area contributed by atoms with Crippen LogP contribution in [-0.2, 0) is 0 Å². The van der Waals surface area contributed by atoms with Gasteiger partial charge in [0, 0.05) is 19.1 Å². The van der Waals surface area contributed by atoms with Gasteiger partial charge in [0.2, 0.25) is 0 Å². The van der Waals surface area contributed by atoms with Crippen LogP contribution in [0.2, 0.25) is 0 Å². The second kappa shape index (κ2) is 8.59. The SMILES string of the molecule is CCCC1CC1NC(=NC)NC1CCCC(C(F)(F)F)C1.I. The molecule has 2 fully saturated rings. The van der Waals surface area contributed by atoms with Crippen molar-refractivity contribution in [2.24, 2.45) is 16.8 Å². The number of hydrogen-bond donors (Lipinski definition) is 2. The van der Waals surface area contributed by atoms with Crippen LogP contribution in [0.4, 0.5) is 13.2 Å². The fourth-order valence-corrected chi connectivity index (χ4v) is 3.27. The van der Waals surface area contributed by atoms with E-state index in [1.807, 2.05) is 0 Å². The molecule has 2 aliphatic carbocycles. The molecule has 3 nitrogen and oxygen atoms in total. The molecule has 0 heterocycles. The van der Waals surface area contributed by atoms with Crippen LogP contribution in [0.5, 0.6) is 0 Å². The van der Waals surface area contributed by atoms with E-state index in [9.17, 15) is 13.2 Å². The van der Waals surface area contributed by atoms with Crippen molar-refractivity contribution < 1.29 is 13.2 Å². The third-order valence-corrected chi connectivity index (χ3v) is 4.61. The highest BCUT2D eigenvalue weighted by Crippen LogP contribution is 2.38. The lowest BCUT2D eigenvalue weighted by molar-refractivity contribution is -0.183. The molecular formula is C15H27F3IN3. The van der Waals surface area contributed by atoms with E-state index in [1.165, 1.54) is 12.8 Å². The average Bonchev–Trinajstić information content (AvgIpc) is 3.16. The van der Waals surface area contributed by atoms with Gasteiger partial charge in [0.1, 0.15) is 0 Å². The molecule has 0 spiro atoms. The second-order valence-corrected chi connectivity index (χ2v) is 6.35. The van der Waals surface area contributed by atoms with Crippen LogP contribution >= 0.6 is 24.0 Å². The molecular weight excluding hydrogens is 406 g/mol. The summed E-state index contributed by atoms with van der Waals surface area (Å²) >= 11 is 0. The minimum Gasteiger partial charge on any atom is -0.354 e. The number of alkyl halides is 3. The standard InChI is InChI=1S/C15H26F3N3.HI/c1-3-5-10-8-13(10)21-14(19-2)20-12-7-4-6-11(9-12)15(16,17)18;/h10-13H,3-9H2,1-2H3,(H2,19,20,21);1H. The molecule has 0 saturated heterocycles. The van der Waals surface area contributed by atoms with Gasteiger partial charge in [-0.1, -0.05) is 19.8 Å². The quantitative estimate of drug-likeness (QED) is 0.398. The topological polar surface area (TPSA) is 36.4 Å². The number of nitrogens with one attached hydrogen (secondary N) is 2. The van der Waals surface area contributed by atoms with Gasteiger partial charge in [-0.2, -0.15) is 13.2 Å². The predicted molar refractivity (Wildman–Crippen MR) is 93.6 cm³/mol. The molecule has 0 aromatic rings. The van der Waals surface area contributed by atoms with Crippen molar-refractivity contribution >= 4 is 29.9 Å². The Labute approximate surface area is 147 Å². The molecule has 2 saturated carbocycles. The van der Waals surface area contributed by atoms with Gasteiger partial charge in [-0.15, -0.1) is 24.0 Å². The van der Waals surface area contributed by atoms with Gasteiger partial charge in [-0.3, -0.25) is 4.99 Å². The van der Waals surface area contributed by atoms with E-state index in [4.69, 9.17) is 0 Å². The zero-order valence-electron chi connectivity index (χ0n) is 13.2. The van der Waals surface area contributed by atoms with Crippen molar-refractivity contribution in [3.63, 3.8) is 0 Å². The predicted octanol–water partition coefficient (Wildman–Crippen LogP) is 4.08. The molecule has 0 bridgehead atoms. The average molecular weight is 433 g/mol. The van der Waals surface area contributed by atoms with Crippen LogP contribution in [0.1, 0.15) is 51.9 Å². The maximum Gasteiger partial charge on any atom is 0.391 e. The van der Waals surface area contributed by atoms with Crippen LogP contribution in [-0.4, -0.2) is 31.3 Å². The number of guanidine groups is 1. The lowest BCUT2D eigenvalue weighted by Gasteiger charge is -2.32. The third-order valence-electron chi connectivity index (χ3n) is 4.61. The van der Waals surface area contributed by atoms with Crippen molar-refractivity contribution in [1.29, 1.82) is 0 Å². The molecule has 4 unspecified atom stereocenters. The first-order chi connectivity index (χ1) is 9.94. The summed E-state index contributed by atoms with van der Waals surface area (Å²) < 4.78 is 38.4. The maximum absolute atomic E-state index is 12.8. The maximum atomic E-state index is 12.8. The summed E-state index contributed by atoms with van der Waals surface area (Å²) in [4.78, 5) is 4.16. The zero-order valence-corrected chi connectivity index (χ0v) is 15.6. The number of halogens is 4. The van der Waals surface area contributed by atoms with Gasteiger partial charge in [-0.05, 0) is 38.0 Å². The molecule has 0 radical (unpaired) electrons. The minimum absolute atomic E-state index is 0. The van der Waals surface area contributed by atoms with Crippen molar-refractivity contribution in [3.05, 3.63) is 0 Å². The lowest BCUT2D eigenvalue weighted by atomic mass is 9.85. The Morgan fingerprint density at radius 1 is 1.18 bits per heavy atom. The van der Waals surface area contributed by atoms with Crippen molar-refractivity contribution in [3.8, 4) is 0 Å². The molecule has 22 heavy (non-hydrogen) atoms. The second-order valence-electron chi connectivity index (χ2n) is 6.35. The van der Waals surface area contributed by atoms with E-state index in [-0.39, 0.29) is 42.9 Å². The van der Waals surface area contributed by atoms with Crippen molar-refractivity contribution in [2.45, 2.75) is 70.1 Å². The summed E-state index contributed by atoms with van der Waals surface area (Å²) in [5.74, 6) is 0.185. The lowest BCUT2D eigenvalue weighted by Crippen LogP contribution is -2.47. The number of aliphatic imine (C=N–C) groups is 1. The minimum atomic E-state index is -4.07. The summed E-state index contributed by atoms with van der Waals surface area (Å²) in [6, 6.07) is 0.318. The Hall–Kier alpha value is -0.210. The number of rotatable bonds is 4. The smallest absolute Gasteiger partial charge is 0.354 e. The molecule has 2 N–H and O–H groups in total. The Bertz CT molecular complexity index is 374. The van der Waals surface area contributed by atoms with E-state index >= 15 is 0 Å². The van der Waals surface area contributed by atoms with Crippen LogP contribution in [0, 0.1) is 11.8 Å². The number of hydrogen-bond acceptors (Lipinski definition) is 1. The Morgan fingerprint density at radius 3 is 2.50 bits per heavy atom. The van der Waals surface area contributed by atoms with Crippen LogP contribution in [0.25, 0.3) is 0 Å². The molecule has 0 aromatic carbocycles. The molecule has 7 heteroatoms. The molecule has 130 valence electrons. The fourth-order valence-electron chi connectivity index (χ4n) is 3.27. The van der Waals surface area contributed by atoms with Crippen molar-refractivity contribution in [2.75, 3.05) is 7.05 Å². The Balaban J connectivity index is 0.00000242. The van der Waals surface area contributed by atoms with E-state index in [2.05, 4.69) is 22.5 Å². The Morgan fingerprint density at radius 2 is 1.91 bits per heavy atom. The van der Waals surface area contributed by atoms with Gasteiger partial charge in [-0.25, -0.2) is 0 Å². The third kappa shape index (κ3) is 5.77. The van der Waals surface area contributed by atoms with E-state index in [0.29, 0.717) is 24.3 Å². The molecule has 2 rings (SSSR count). The first kappa shape index (κ1) is 19.8. The number of nitrogens with zero attached hydrogens (tertiary/aromatic N) is 1. The fraction of sp³-hybridized carbons (Fsp3) is 0.933. The monoisotopic (exact) mass is 433 g/mol. The molecule has 2 aliphatic rings. The summed E-state index contributed by atoms with van der Waals surface area (Å²) in [5, 5.41) is 6.51. The van der Waals surface area contributed by atoms with Crippen molar-refractivity contribution in [1.82, 2.24) is 10.6 Å². The molecule has 0 aliphatic heterocycles. The van der Waals surface area contributed by atoms with Gasteiger partial charge in [0.25, 0.3) is 0 Å². The molecule has 0 aromatic heterocycles. The van der Waals surface area contributed by atoms with E-state index < -0.39 is 12.1 Å². The van der Waals surface area contributed by atoms with Gasteiger partial charge < -0.3 is 10.6 Å². The highest BCUT2D eigenvalue weighted by molar-refractivity contribution is 14.0. The first-order valence-electron chi connectivity index (χ1n) is 8.00. The zero-order chi connectivity index (χ0) is 15.5. The van der Waals surface area contributed by atoms with Crippen LogP contribution in [0.3, 0.4) is 0 Å². The molecule has 4 atom stereocenters. The van der Waals surface area contributed by atoms with E-state index in [0.717, 1.165) is 12.8 Å². The highest BCUT2D eigenvalue weighted by Gasteiger charge is 2.42. The largest absolute Gasteiger partial charge is 0.391 e. The highest BCUT2D eigenvalue weighted by atomic mass is 127. The van der Waals surface area contributed by atoms with Crippen LogP contribution < -0.4 is 10.6 Å². The molecule has 0 amide bonds. The first-order valence-corrected chi connectivity index (χ1v) is 8.00. The summed E-state index contributed by atoms with van der Waals surface area (Å²) in [5.41, 5.74) is 0. The Kier molecular flexibility index (Phi) is 7.74.